The first-order chi connectivity index (χ1) is 2.81. The number of nitrogens with zero attached hydrogens (tertiary/aromatic N) is 1. The van der Waals surface area contributed by atoms with Crippen molar-refractivity contribution < 1.29 is 5.48 Å². The Labute approximate surface area is 45.7 Å². The van der Waals surface area contributed by atoms with Crippen molar-refractivity contribution in [1.82, 2.24) is 5.43 Å². The van der Waals surface area contributed by atoms with Crippen LogP contribution in [0.25, 0.3) is 0 Å². The number of hydrogen-bond donors (Lipinski definition) is 3. The van der Waals surface area contributed by atoms with E-state index in [2.05, 4.69) is 4.51 Å². The Kier molecular flexibility index (Phi) is 7.59. The molecule has 0 aromatic carbocycles. The molecule has 0 saturated carbocycles. The summed E-state index contributed by atoms with van der Waals surface area (Å²) < 4.78 is 2.94. The average molecular weight is 127 g/mol. The molecule has 7 N–H and O–H groups in total. The summed E-state index contributed by atoms with van der Waals surface area (Å²) in [6.45, 7) is 0. The first kappa shape index (κ1) is 9.70. The number of hydrogen-bond acceptors (Lipinski definition) is 2. The van der Waals surface area contributed by atoms with Crippen LogP contribution in [0.4, 0.5) is 0 Å². The van der Waals surface area contributed by atoms with E-state index in [0.29, 0.717) is 0 Å². The summed E-state index contributed by atoms with van der Waals surface area (Å²) in [5, 5.41) is 0. The lowest BCUT2D eigenvalue weighted by molar-refractivity contribution is 0.824. The summed E-state index contributed by atoms with van der Waals surface area (Å²) in [4.78, 5) is 0. The predicted octanol–water partition coefficient (Wildman–Crippen LogP) is -1.91. The fourth-order valence-electron chi connectivity index (χ4n) is 0.0244. The molecule has 6 heteroatoms. The molecule has 0 rings (SSSR count). The van der Waals surface area contributed by atoms with Crippen molar-refractivity contribution in [2.24, 2.45) is 16.1 Å². The maximum Gasteiger partial charge on any atom is 0.220 e. The Balaban J connectivity index is 0. The van der Waals surface area contributed by atoms with Gasteiger partial charge in [-0.3, -0.25) is 5.43 Å². The van der Waals surface area contributed by atoms with E-state index in [4.69, 9.17) is 23.4 Å². The third kappa shape index (κ3) is 5.48. The lowest BCUT2D eigenvalue weighted by atomic mass is 11.1. The van der Waals surface area contributed by atoms with E-state index < -0.39 is 0 Å². The number of rotatable bonds is 0. The van der Waals surface area contributed by atoms with Gasteiger partial charge in [-0.2, -0.15) is 0 Å². The highest BCUT2D eigenvalue weighted by molar-refractivity contribution is 6.19. The van der Waals surface area contributed by atoms with E-state index in [1.165, 1.54) is 0 Å². The van der Waals surface area contributed by atoms with Crippen molar-refractivity contribution >= 4 is 17.7 Å². The Morgan fingerprint density at radius 3 is 2.14 bits per heavy atom. The minimum atomic E-state index is 0. The molecular weight excluding hydrogens is 119 g/mol. The van der Waals surface area contributed by atoms with Gasteiger partial charge in [-0.05, 0) is 0 Å². The van der Waals surface area contributed by atoms with Gasteiger partial charge in [0.1, 0.15) is 0 Å². The molecule has 0 saturated heterocycles. The minimum Gasteiger partial charge on any atom is -0.412 e. The largest absolute Gasteiger partial charge is 0.412 e. The van der Waals surface area contributed by atoms with Gasteiger partial charge in [0.2, 0.25) is 5.96 Å². The van der Waals surface area contributed by atoms with Gasteiger partial charge in [0.05, 0.1) is 0 Å². The van der Waals surface area contributed by atoms with Gasteiger partial charge in [0, 0.05) is 11.8 Å². The normalized spacial score (nSPS) is 9.71. The molecule has 0 amide bonds. The summed E-state index contributed by atoms with van der Waals surface area (Å²) in [7, 11) is 0. The van der Waals surface area contributed by atoms with Gasteiger partial charge < -0.3 is 11.2 Å². The molecule has 0 radical (unpaired) electrons. The lowest BCUT2D eigenvalue weighted by Gasteiger charge is -1.88. The van der Waals surface area contributed by atoms with E-state index in [0.717, 1.165) is 0 Å². The molecule has 0 aromatic rings. The van der Waals surface area contributed by atoms with E-state index in [-0.39, 0.29) is 11.4 Å². The van der Waals surface area contributed by atoms with Crippen LogP contribution in [0.1, 0.15) is 0 Å². The topological polar surface area (TPSA) is 108 Å². The second-order valence-electron chi connectivity index (χ2n) is 0.614. The maximum atomic E-state index is 4.85. The van der Waals surface area contributed by atoms with Crippen molar-refractivity contribution in [3.63, 3.8) is 0 Å². The smallest absolute Gasteiger partial charge is 0.220 e. The van der Waals surface area contributed by atoms with E-state index in [1.54, 1.807) is 0 Å². The standard InChI is InChI=1S/CH5ClN4.H2O/c2-5-1(3)6-4;/h4H2,(H3,3,5,6);1H2. The summed E-state index contributed by atoms with van der Waals surface area (Å²) in [5.41, 5.74) is 6.86. The Hall–Kier alpha value is -0.520. The van der Waals surface area contributed by atoms with E-state index in [9.17, 15) is 0 Å². The molecule has 0 heterocycles. The summed E-state index contributed by atoms with van der Waals surface area (Å²) in [6, 6.07) is 0. The molecule has 0 aliphatic carbocycles. The van der Waals surface area contributed by atoms with Gasteiger partial charge in [0.25, 0.3) is 0 Å². The van der Waals surface area contributed by atoms with E-state index >= 15 is 0 Å². The minimum absolute atomic E-state index is 0. The van der Waals surface area contributed by atoms with Crippen LogP contribution >= 0.6 is 11.8 Å². The van der Waals surface area contributed by atoms with Crippen LogP contribution in [0.3, 0.4) is 0 Å². The van der Waals surface area contributed by atoms with E-state index in [1.807, 2.05) is 5.43 Å². The van der Waals surface area contributed by atoms with Crippen LogP contribution in [-0.4, -0.2) is 11.4 Å². The van der Waals surface area contributed by atoms with Gasteiger partial charge >= 0.3 is 0 Å². The molecule has 7 heavy (non-hydrogen) atoms. The highest BCUT2D eigenvalue weighted by Gasteiger charge is 1.74. The molecule has 0 aliphatic heterocycles. The summed E-state index contributed by atoms with van der Waals surface area (Å²) in [6.07, 6.45) is 0. The molecule has 0 spiro atoms. The third-order valence-electron chi connectivity index (χ3n) is 0.239. The van der Waals surface area contributed by atoms with Gasteiger partial charge in [-0.15, -0.1) is 4.51 Å². The summed E-state index contributed by atoms with van der Waals surface area (Å²) >= 11 is 4.77. The fraction of sp³-hybridized carbons (Fsp3) is 0. The van der Waals surface area contributed by atoms with Crippen molar-refractivity contribution in [2.45, 2.75) is 0 Å². The van der Waals surface area contributed by atoms with Gasteiger partial charge in [0.15, 0.2) is 0 Å². The zero-order chi connectivity index (χ0) is 4.99. The van der Waals surface area contributed by atoms with Crippen LogP contribution in [0.2, 0.25) is 0 Å². The molecule has 5 nitrogen and oxygen atoms in total. The quantitative estimate of drug-likeness (QED) is 0.153. The first-order valence-electron chi connectivity index (χ1n) is 1.22. The molecule has 0 aliphatic rings. The Bertz CT molecular complexity index is 62.7. The van der Waals surface area contributed by atoms with Crippen LogP contribution in [0.5, 0.6) is 0 Å². The molecule has 0 bridgehead atoms. The number of nitrogens with one attached hydrogen (secondary N) is 1. The molecule has 0 fully saturated rings. The van der Waals surface area contributed by atoms with Crippen molar-refractivity contribution in [3.05, 3.63) is 0 Å². The Morgan fingerprint density at radius 1 is 1.71 bits per heavy atom. The monoisotopic (exact) mass is 126 g/mol. The number of guanidine groups is 1. The average Bonchev–Trinajstić information content (AvgIpc) is 1.65. The number of halogens is 1. The summed E-state index contributed by atoms with van der Waals surface area (Å²) in [5.74, 6) is 4.70. The molecule has 0 aromatic heterocycles. The number of nitrogens with two attached hydrogens (primary N) is 2. The van der Waals surface area contributed by atoms with Crippen LogP contribution in [0.15, 0.2) is 4.51 Å². The van der Waals surface area contributed by atoms with Crippen molar-refractivity contribution in [2.75, 3.05) is 0 Å². The predicted molar refractivity (Wildman–Crippen MR) is 28.4 cm³/mol. The third-order valence-corrected chi connectivity index (χ3v) is 0.421. The van der Waals surface area contributed by atoms with Crippen molar-refractivity contribution in [1.29, 1.82) is 0 Å². The number of hydrazine groups is 1. The van der Waals surface area contributed by atoms with Gasteiger partial charge in [-0.25, -0.2) is 5.84 Å². The van der Waals surface area contributed by atoms with Crippen molar-refractivity contribution in [3.8, 4) is 0 Å². The molecule has 0 atom stereocenters. The van der Waals surface area contributed by atoms with Crippen LogP contribution in [0, 0.1) is 0 Å². The SMILES string of the molecule is NNC(N)=NCl.O. The molecular formula is CH7ClN4O. The highest BCUT2D eigenvalue weighted by Crippen LogP contribution is 1.67. The highest BCUT2D eigenvalue weighted by atomic mass is 35.5. The fourth-order valence-corrected chi connectivity index (χ4v) is 0.0732. The second kappa shape index (κ2) is 5.48. The molecule has 44 valence electrons. The Morgan fingerprint density at radius 2 is 2.14 bits per heavy atom. The zero-order valence-electron chi connectivity index (χ0n) is 3.48. The van der Waals surface area contributed by atoms with Gasteiger partial charge in [-0.1, -0.05) is 0 Å². The maximum absolute atomic E-state index is 4.85. The molecule has 0 unspecified atom stereocenters. The lowest BCUT2D eigenvalue weighted by Crippen LogP contribution is -2.36. The first-order valence-corrected chi connectivity index (χ1v) is 1.56. The van der Waals surface area contributed by atoms with Crippen LogP contribution < -0.4 is 17.0 Å². The second-order valence-corrected chi connectivity index (χ2v) is 0.783. The zero-order valence-corrected chi connectivity index (χ0v) is 4.24. The van der Waals surface area contributed by atoms with Crippen LogP contribution in [-0.2, 0) is 0 Å².